The second-order valence-electron chi connectivity index (χ2n) is 7.35. The summed E-state index contributed by atoms with van der Waals surface area (Å²) in [5, 5.41) is 12.9. The van der Waals surface area contributed by atoms with E-state index in [0.717, 1.165) is 24.6 Å². The number of hydrogen-bond acceptors (Lipinski definition) is 3. The van der Waals surface area contributed by atoms with Crippen molar-refractivity contribution in [3.8, 4) is 5.69 Å². The van der Waals surface area contributed by atoms with E-state index >= 15 is 0 Å². The Morgan fingerprint density at radius 3 is 2.47 bits per heavy atom. The summed E-state index contributed by atoms with van der Waals surface area (Å²) >= 11 is 5.99. The molecule has 0 atom stereocenters. The molecule has 0 bridgehead atoms. The third-order valence-electron chi connectivity index (χ3n) is 5.36. The third-order valence-corrected chi connectivity index (χ3v) is 5.68. The molecule has 1 aliphatic rings. The van der Waals surface area contributed by atoms with Gasteiger partial charge < -0.3 is 5.11 Å². The smallest absolute Gasteiger partial charge is 0.417 e. The van der Waals surface area contributed by atoms with Gasteiger partial charge >= 0.3 is 12.1 Å². The van der Waals surface area contributed by atoms with Crippen LogP contribution in [0.25, 0.3) is 5.69 Å². The number of aromatic carboxylic acids is 1. The number of carboxylic acids is 1. The monoisotopic (exact) mass is 466 g/mol. The van der Waals surface area contributed by atoms with E-state index < -0.39 is 34.9 Å². The minimum Gasteiger partial charge on any atom is -0.478 e. The fourth-order valence-electron chi connectivity index (χ4n) is 3.90. The molecule has 0 saturated heterocycles. The standard InChI is InChI=1S/C22H15ClF4N2O3/c23-14-6-3-5-13(22(25,26)27)18(14)20(30)19-12-4-1-2-7-16(12)29(28-19)17-9-8-11(21(31)32)10-15(17)24/h3,5-6,8-10H,1-2,4,7H2,(H,31,32). The first-order valence-electron chi connectivity index (χ1n) is 9.64. The number of rotatable bonds is 4. The van der Waals surface area contributed by atoms with E-state index in [1.54, 1.807) is 0 Å². The number of halogens is 5. The molecule has 0 saturated carbocycles. The quantitative estimate of drug-likeness (QED) is 0.407. The summed E-state index contributed by atoms with van der Waals surface area (Å²) in [5.74, 6) is -3.19. The van der Waals surface area contributed by atoms with Crippen LogP contribution in [0.3, 0.4) is 0 Å². The lowest BCUT2D eigenvalue weighted by Gasteiger charge is -2.15. The van der Waals surface area contributed by atoms with Crippen molar-refractivity contribution in [3.63, 3.8) is 0 Å². The van der Waals surface area contributed by atoms with Crippen LogP contribution in [0.4, 0.5) is 17.6 Å². The number of carboxylic acid groups (broad SMARTS) is 1. The van der Waals surface area contributed by atoms with Gasteiger partial charge in [-0.3, -0.25) is 4.79 Å². The zero-order valence-electron chi connectivity index (χ0n) is 16.3. The lowest BCUT2D eigenvalue weighted by Crippen LogP contribution is -2.16. The van der Waals surface area contributed by atoms with Crippen molar-refractivity contribution >= 4 is 23.4 Å². The highest BCUT2D eigenvalue weighted by molar-refractivity contribution is 6.35. The number of aromatic nitrogens is 2. The van der Waals surface area contributed by atoms with E-state index in [1.165, 1.54) is 22.9 Å². The van der Waals surface area contributed by atoms with Crippen LogP contribution in [0.2, 0.25) is 5.02 Å². The second kappa shape index (κ2) is 8.05. The zero-order chi connectivity index (χ0) is 23.2. The van der Waals surface area contributed by atoms with Crippen molar-refractivity contribution in [3.05, 3.63) is 80.9 Å². The predicted octanol–water partition coefficient (Wildman–Crippen LogP) is 5.49. The van der Waals surface area contributed by atoms with Gasteiger partial charge in [0.2, 0.25) is 5.78 Å². The van der Waals surface area contributed by atoms with E-state index in [1.807, 2.05) is 0 Å². The van der Waals surface area contributed by atoms with E-state index in [0.29, 0.717) is 30.5 Å². The maximum Gasteiger partial charge on any atom is 0.417 e. The Bertz CT molecular complexity index is 1250. The molecule has 1 N–H and O–H groups in total. The fourth-order valence-corrected chi connectivity index (χ4v) is 4.16. The lowest BCUT2D eigenvalue weighted by molar-refractivity contribution is -0.137. The van der Waals surface area contributed by atoms with E-state index in [9.17, 15) is 27.2 Å². The molecular formula is C22H15ClF4N2O3. The minimum absolute atomic E-state index is 0.0950. The van der Waals surface area contributed by atoms with Crippen LogP contribution in [-0.4, -0.2) is 26.6 Å². The summed E-state index contributed by atoms with van der Waals surface area (Å²) in [7, 11) is 0. The average molecular weight is 467 g/mol. The third kappa shape index (κ3) is 3.77. The molecule has 4 rings (SSSR count). The second-order valence-corrected chi connectivity index (χ2v) is 7.76. The van der Waals surface area contributed by atoms with E-state index in [4.69, 9.17) is 16.7 Å². The first kappa shape index (κ1) is 22.0. The van der Waals surface area contributed by atoms with Crippen molar-refractivity contribution < 1.29 is 32.3 Å². The highest BCUT2D eigenvalue weighted by Gasteiger charge is 2.38. The molecule has 1 aliphatic carbocycles. The summed E-state index contributed by atoms with van der Waals surface area (Å²) in [6.07, 6.45) is -2.58. The molecule has 32 heavy (non-hydrogen) atoms. The Kier molecular flexibility index (Phi) is 5.54. The van der Waals surface area contributed by atoms with Crippen molar-refractivity contribution in [1.82, 2.24) is 9.78 Å². The van der Waals surface area contributed by atoms with Crippen LogP contribution in [0.5, 0.6) is 0 Å². The number of ketones is 1. The van der Waals surface area contributed by atoms with Crippen molar-refractivity contribution in [1.29, 1.82) is 0 Å². The van der Waals surface area contributed by atoms with Crippen molar-refractivity contribution in [2.75, 3.05) is 0 Å². The van der Waals surface area contributed by atoms with Gasteiger partial charge in [0.1, 0.15) is 17.2 Å². The highest BCUT2D eigenvalue weighted by Crippen LogP contribution is 2.37. The topological polar surface area (TPSA) is 72.2 Å². The Hall–Kier alpha value is -3.20. The van der Waals surface area contributed by atoms with Gasteiger partial charge in [0.15, 0.2) is 0 Å². The summed E-state index contributed by atoms with van der Waals surface area (Å²) in [6, 6.07) is 6.30. The van der Waals surface area contributed by atoms with Gasteiger partial charge in [-0.25, -0.2) is 13.9 Å². The largest absolute Gasteiger partial charge is 0.478 e. The van der Waals surface area contributed by atoms with Gasteiger partial charge in [0.05, 0.1) is 21.7 Å². The molecule has 3 aromatic rings. The Labute approximate surface area is 184 Å². The zero-order valence-corrected chi connectivity index (χ0v) is 17.1. The van der Waals surface area contributed by atoms with Crippen molar-refractivity contribution in [2.24, 2.45) is 0 Å². The Morgan fingerprint density at radius 2 is 1.81 bits per heavy atom. The van der Waals surface area contributed by atoms with E-state index in [2.05, 4.69) is 5.10 Å². The summed E-state index contributed by atoms with van der Waals surface area (Å²) in [4.78, 5) is 24.3. The summed E-state index contributed by atoms with van der Waals surface area (Å²) < 4.78 is 56.5. The molecule has 5 nitrogen and oxygen atoms in total. The molecule has 1 heterocycles. The Balaban J connectivity index is 1.90. The molecule has 0 spiro atoms. The van der Waals surface area contributed by atoms with Crippen LogP contribution in [0, 0.1) is 5.82 Å². The molecule has 166 valence electrons. The molecule has 0 unspecified atom stereocenters. The van der Waals surface area contributed by atoms with Gasteiger partial charge in [0, 0.05) is 11.3 Å². The molecule has 2 aromatic carbocycles. The van der Waals surface area contributed by atoms with Gasteiger partial charge in [-0.15, -0.1) is 0 Å². The molecule has 0 radical (unpaired) electrons. The number of alkyl halides is 3. The maximum absolute atomic E-state index is 14.7. The van der Waals surface area contributed by atoms with Crippen LogP contribution < -0.4 is 0 Å². The molecular weight excluding hydrogens is 452 g/mol. The molecule has 0 fully saturated rings. The lowest BCUT2D eigenvalue weighted by atomic mass is 9.92. The van der Waals surface area contributed by atoms with Crippen LogP contribution in [0.1, 0.15) is 56.1 Å². The average Bonchev–Trinajstić information content (AvgIpc) is 3.12. The van der Waals surface area contributed by atoms with Crippen molar-refractivity contribution in [2.45, 2.75) is 31.9 Å². The Morgan fingerprint density at radius 1 is 1.09 bits per heavy atom. The van der Waals surface area contributed by atoms with Gasteiger partial charge in [-0.2, -0.15) is 18.3 Å². The number of carbonyl (C=O) groups excluding carboxylic acids is 1. The molecule has 1 aromatic heterocycles. The van der Waals surface area contributed by atoms with Gasteiger partial charge in [-0.05, 0) is 56.0 Å². The number of carbonyl (C=O) groups is 2. The number of hydrogen-bond donors (Lipinski definition) is 1. The van der Waals surface area contributed by atoms with Crippen LogP contribution in [-0.2, 0) is 19.0 Å². The number of fused-ring (bicyclic) bond motifs is 1. The van der Waals surface area contributed by atoms with Crippen LogP contribution >= 0.6 is 11.6 Å². The minimum atomic E-state index is -4.81. The van der Waals surface area contributed by atoms with Gasteiger partial charge in [0.25, 0.3) is 0 Å². The maximum atomic E-state index is 14.7. The molecule has 10 heteroatoms. The molecule has 0 aliphatic heterocycles. The summed E-state index contributed by atoms with van der Waals surface area (Å²) in [6.45, 7) is 0. The number of nitrogens with zero attached hydrogens (tertiary/aromatic N) is 2. The predicted molar refractivity (Wildman–Crippen MR) is 107 cm³/mol. The fraction of sp³-hybridized carbons (Fsp3) is 0.227. The van der Waals surface area contributed by atoms with Crippen LogP contribution in [0.15, 0.2) is 36.4 Å². The number of benzene rings is 2. The highest BCUT2D eigenvalue weighted by atomic mass is 35.5. The molecule has 0 amide bonds. The normalized spacial score (nSPS) is 13.7. The summed E-state index contributed by atoms with van der Waals surface area (Å²) in [5.41, 5.74) is -1.53. The van der Waals surface area contributed by atoms with Gasteiger partial charge in [-0.1, -0.05) is 17.7 Å². The first-order valence-corrected chi connectivity index (χ1v) is 10.0. The first-order chi connectivity index (χ1) is 15.1. The SMILES string of the molecule is O=C(O)c1ccc(-n2nc(C(=O)c3c(Cl)cccc3C(F)(F)F)c3c2CCCC3)c(F)c1. The van der Waals surface area contributed by atoms with E-state index in [-0.39, 0.29) is 22.0 Å².